The molecule has 0 amide bonds. The summed E-state index contributed by atoms with van der Waals surface area (Å²) >= 11 is 0. The van der Waals surface area contributed by atoms with Crippen molar-refractivity contribution in [1.29, 1.82) is 0 Å². The maximum absolute atomic E-state index is 12.8. The van der Waals surface area contributed by atoms with E-state index in [-0.39, 0.29) is 6.10 Å². The second-order valence-electron chi connectivity index (χ2n) is 6.51. The van der Waals surface area contributed by atoms with Gasteiger partial charge in [-0.2, -0.15) is 13.2 Å². The normalized spacial score (nSPS) is 17.7. The minimum Gasteiger partial charge on any atom is -0.370 e. The van der Waals surface area contributed by atoms with Crippen LogP contribution in [-0.2, 0) is 10.9 Å². The molecule has 0 bridgehead atoms. The zero-order valence-corrected chi connectivity index (χ0v) is 15.1. The lowest BCUT2D eigenvalue weighted by Gasteiger charge is -2.34. The van der Waals surface area contributed by atoms with Gasteiger partial charge in [0.15, 0.2) is 5.82 Å². The van der Waals surface area contributed by atoms with Crippen molar-refractivity contribution in [2.75, 3.05) is 24.6 Å². The Morgan fingerprint density at radius 1 is 1.11 bits per heavy atom. The number of morpholine rings is 1. The standard InChI is InChI=1S/C19H18F3N5O/c1-13-24-6-7-27(13)18-11-23-10-17(25-18)26-8-9-28-16(12-26)14-2-4-15(5-3-14)19(20,21)22/h2-7,10-11,16H,8-9,12H2,1H3. The van der Waals surface area contributed by atoms with Crippen molar-refractivity contribution in [1.82, 2.24) is 19.5 Å². The first-order valence-corrected chi connectivity index (χ1v) is 8.78. The highest BCUT2D eigenvalue weighted by Gasteiger charge is 2.31. The molecule has 1 atom stereocenters. The molecule has 0 N–H and O–H groups in total. The number of hydrogen-bond donors (Lipinski definition) is 0. The van der Waals surface area contributed by atoms with E-state index in [1.807, 2.05) is 22.6 Å². The van der Waals surface area contributed by atoms with Crippen molar-refractivity contribution < 1.29 is 17.9 Å². The van der Waals surface area contributed by atoms with E-state index in [1.165, 1.54) is 12.1 Å². The van der Waals surface area contributed by atoms with Crippen LogP contribution in [0, 0.1) is 6.92 Å². The van der Waals surface area contributed by atoms with Crippen LogP contribution in [0.25, 0.3) is 5.82 Å². The summed E-state index contributed by atoms with van der Waals surface area (Å²) in [6, 6.07) is 5.10. The quantitative estimate of drug-likeness (QED) is 0.686. The molecule has 1 aliphatic rings. The van der Waals surface area contributed by atoms with E-state index in [4.69, 9.17) is 4.74 Å². The lowest BCUT2D eigenvalue weighted by Crippen LogP contribution is -2.39. The van der Waals surface area contributed by atoms with Crippen LogP contribution in [0.1, 0.15) is 23.1 Å². The Morgan fingerprint density at radius 3 is 2.54 bits per heavy atom. The minimum absolute atomic E-state index is 0.337. The Bertz CT molecular complexity index is 955. The number of alkyl halides is 3. The summed E-state index contributed by atoms with van der Waals surface area (Å²) in [4.78, 5) is 15.1. The van der Waals surface area contributed by atoms with E-state index in [1.54, 1.807) is 18.6 Å². The van der Waals surface area contributed by atoms with Gasteiger partial charge >= 0.3 is 6.18 Å². The van der Waals surface area contributed by atoms with Gasteiger partial charge in [-0.15, -0.1) is 0 Å². The van der Waals surface area contributed by atoms with Crippen LogP contribution >= 0.6 is 0 Å². The highest BCUT2D eigenvalue weighted by molar-refractivity contribution is 5.41. The molecule has 146 valence electrons. The summed E-state index contributed by atoms with van der Waals surface area (Å²) < 4.78 is 45.9. The van der Waals surface area contributed by atoms with Crippen molar-refractivity contribution >= 4 is 5.82 Å². The average molecular weight is 389 g/mol. The fourth-order valence-electron chi connectivity index (χ4n) is 3.18. The second-order valence-corrected chi connectivity index (χ2v) is 6.51. The highest BCUT2D eigenvalue weighted by atomic mass is 19.4. The SMILES string of the molecule is Cc1nccn1-c1cncc(N2CCOC(c3ccc(C(F)(F)F)cc3)C2)n1. The molecular weight excluding hydrogens is 371 g/mol. The molecule has 1 fully saturated rings. The predicted octanol–water partition coefficient (Wildman–Crippen LogP) is 3.57. The van der Waals surface area contributed by atoms with Crippen LogP contribution < -0.4 is 4.90 Å². The Kier molecular flexibility index (Phi) is 4.76. The van der Waals surface area contributed by atoms with E-state index in [9.17, 15) is 13.2 Å². The van der Waals surface area contributed by atoms with E-state index >= 15 is 0 Å². The summed E-state index contributed by atoms with van der Waals surface area (Å²) in [5, 5.41) is 0. The number of rotatable bonds is 3. The number of aryl methyl sites for hydroxylation is 1. The van der Waals surface area contributed by atoms with Gasteiger partial charge in [0.25, 0.3) is 0 Å². The van der Waals surface area contributed by atoms with E-state index in [0.29, 0.717) is 36.9 Å². The zero-order chi connectivity index (χ0) is 19.7. The van der Waals surface area contributed by atoms with Gasteiger partial charge in [0.2, 0.25) is 0 Å². The van der Waals surface area contributed by atoms with Gasteiger partial charge in [-0.25, -0.2) is 9.97 Å². The number of ether oxygens (including phenoxy) is 1. The predicted molar refractivity (Wildman–Crippen MR) is 96.2 cm³/mol. The van der Waals surface area contributed by atoms with Crippen molar-refractivity contribution in [3.05, 3.63) is 66.0 Å². The molecule has 0 aliphatic carbocycles. The molecular formula is C19H18F3N5O. The van der Waals surface area contributed by atoms with Gasteiger partial charge < -0.3 is 9.64 Å². The smallest absolute Gasteiger partial charge is 0.370 e. The third kappa shape index (κ3) is 3.70. The molecule has 1 unspecified atom stereocenters. The fourth-order valence-corrected chi connectivity index (χ4v) is 3.18. The van der Waals surface area contributed by atoms with Crippen LogP contribution in [0.4, 0.5) is 19.0 Å². The van der Waals surface area contributed by atoms with Gasteiger partial charge in [0.05, 0.1) is 24.6 Å². The molecule has 3 aromatic rings. The maximum atomic E-state index is 12.8. The highest BCUT2D eigenvalue weighted by Crippen LogP contribution is 2.31. The summed E-state index contributed by atoms with van der Waals surface area (Å²) in [5.74, 6) is 2.15. The molecule has 28 heavy (non-hydrogen) atoms. The van der Waals surface area contributed by atoms with Crippen molar-refractivity contribution in [3.8, 4) is 5.82 Å². The molecule has 4 rings (SSSR count). The molecule has 0 radical (unpaired) electrons. The first kappa shape index (κ1) is 18.4. The molecule has 0 saturated carbocycles. The molecule has 2 aromatic heterocycles. The topological polar surface area (TPSA) is 56.1 Å². The van der Waals surface area contributed by atoms with Crippen molar-refractivity contribution in [2.24, 2.45) is 0 Å². The first-order chi connectivity index (χ1) is 13.4. The third-order valence-corrected chi connectivity index (χ3v) is 4.68. The molecule has 0 spiro atoms. The number of halogens is 3. The minimum atomic E-state index is -4.35. The van der Waals surface area contributed by atoms with Crippen LogP contribution in [-0.4, -0.2) is 39.2 Å². The van der Waals surface area contributed by atoms with E-state index < -0.39 is 11.7 Å². The molecule has 3 heterocycles. The summed E-state index contributed by atoms with van der Waals surface area (Å²) in [7, 11) is 0. The maximum Gasteiger partial charge on any atom is 0.416 e. The zero-order valence-electron chi connectivity index (χ0n) is 15.1. The Hall–Kier alpha value is -2.94. The number of hydrogen-bond acceptors (Lipinski definition) is 5. The van der Waals surface area contributed by atoms with Gasteiger partial charge in [-0.1, -0.05) is 12.1 Å². The van der Waals surface area contributed by atoms with Crippen LogP contribution in [0.2, 0.25) is 0 Å². The summed E-state index contributed by atoms with van der Waals surface area (Å²) in [6.07, 6.45) is 2.15. The van der Waals surface area contributed by atoms with Crippen molar-refractivity contribution in [2.45, 2.75) is 19.2 Å². The Labute approximate surface area is 159 Å². The largest absolute Gasteiger partial charge is 0.416 e. The molecule has 6 nitrogen and oxygen atoms in total. The van der Waals surface area contributed by atoms with Crippen molar-refractivity contribution in [3.63, 3.8) is 0 Å². The number of nitrogens with zero attached hydrogens (tertiary/aromatic N) is 5. The Balaban J connectivity index is 1.54. The number of benzene rings is 1. The molecule has 1 saturated heterocycles. The number of anilines is 1. The van der Waals surface area contributed by atoms with Crippen LogP contribution in [0.5, 0.6) is 0 Å². The number of imidazole rings is 1. The van der Waals surface area contributed by atoms with Crippen LogP contribution in [0.15, 0.2) is 49.1 Å². The second kappa shape index (κ2) is 7.23. The van der Waals surface area contributed by atoms with Gasteiger partial charge in [-0.3, -0.25) is 9.55 Å². The lowest BCUT2D eigenvalue weighted by atomic mass is 10.1. The summed E-state index contributed by atoms with van der Waals surface area (Å²) in [5.41, 5.74) is 0.0328. The fraction of sp³-hybridized carbons (Fsp3) is 0.316. The first-order valence-electron chi connectivity index (χ1n) is 8.78. The third-order valence-electron chi connectivity index (χ3n) is 4.68. The lowest BCUT2D eigenvalue weighted by molar-refractivity contribution is -0.137. The van der Waals surface area contributed by atoms with Crippen LogP contribution in [0.3, 0.4) is 0 Å². The Morgan fingerprint density at radius 2 is 1.86 bits per heavy atom. The molecule has 1 aromatic carbocycles. The van der Waals surface area contributed by atoms with E-state index in [0.717, 1.165) is 18.0 Å². The monoisotopic (exact) mass is 389 g/mol. The number of aromatic nitrogens is 4. The van der Waals surface area contributed by atoms with Gasteiger partial charge in [-0.05, 0) is 24.6 Å². The van der Waals surface area contributed by atoms with Gasteiger partial charge in [0.1, 0.15) is 17.7 Å². The molecule has 9 heteroatoms. The average Bonchev–Trinajstić information content (AvgIpc) is 3.14. The van der Waals surface area contributed by atoms with E-state index in [2.05, 4.69) is 15.0 Å². The summed E-state index contributed by atoms with van der Waals surface area (Å²) in [6.45, 7) is 3.43. The molecule has 1 aliphatic heterocycles. The van der Waals surface area contributed by atoms with Gasteiger partial charge in [0, 0.05) is 25.5 Å².